The molecule has 1 saturated heterocycles. The molecular weight excluding hydrogens is 462 g/mol. The van der Waals surface area contributed by atoms with Crippen molar-refractivity contribution in [1.29, 1.82) is 0 Å². The summed E-state index contributed by atoms with van der Waals surface area (Å²) in [6, 6.07) is 9.38. The summed E-state index contributed by atoms with van der Waals surface area (Å²) < 4.78 is 13.1. The van der Waals surface area contributed by atoms with Gasteiger partial charge in [-0.25, -0.2) is 0 Å². The van der Waals surface area contributed by atoms with E-state index in [9.17, 15) is 0 Å². The van der Waals surface area contributed by atoms with Crippen LogP contribution in [0.2, 0.25) is 0 Å². The topological polar surface area (TPSA) is 18.5 Å². The molecular formula is C34H46B2O2. The molecule has 2 nitrogen and oxygen atoms in total. The van der Waals surface area contributed by atoms with E-state index >= 15 is 0 Å². The lowest BCUT2D eigenvalue weighted by Crippen LogP contribution is -2.58. The fourth-order valence-electron chi connectivity index (χ4n) is 6.84. The van der Waals surface area contributed by atoms with Gasteiger partial charge in [-0.3, -0.25) is 0 Å². The Labute approximate surface area is 232 Å². The fraction of sp³-hybridized carbons (Fsp3) is 0.471. The van der Waals surface area contributed by atoms with Crippen LogP contribution >= 0.6 is 0 Å². The van der Waals surface area contributed by atoms with Crippen molar-refractivity contribution >= 4 is 35.7 Å². The largest absolute Gasteiger partial charge is 0.495 e. The normalized spacial score (nSPS) is 16.3. The SMILES string of the molecule is Cc1cc(C)c(B(c2c(C)cc(C)cc2C)c2c(C)c(C)c(B3OC(C)(C)C(C)(C)O3)c(C)c2C)c(C)c1. The van der Waals surface area contributed by atoms with Crippen molar-refractivity contribution < 1.29 is 9.31 Å². The zero-order valence-corrected chi connectivity index (χ0v) is 26.3. The average molecular weight is 508 g/mol. The molecule has 4 heteroatoms. The summed E-state index contributed by atoms with van der Waals surface area (Å²) >= 11 is 0. The maximum atomic E-state index is 6.57. The summed E-state index contributed by atoms with van der Waals surface area (Å²) in [5, 5.41) is 0. The smallest absolute Gasteiger partial charge is 0.399 e. The highest BCUT2D eigenvalue weighted by Crippen LogP contribution is 2.37. The second kappa shape index (κ2) is 9.72. The van der Waals surface area contributed by atoms with Gasteiger partial charge in [-0.15, -0.1) is 0 Å². The van der Waals surface area contributed by atoms with Crippen LogP contribution in [0.25, 0.3) is 0 Å². The molecule has 0 N–H and O–H groups in total. The third kappa shape index (κ3) is 4.58. The summed E-state index contributed by atoms with van der Waals surface area (Å²) in [4.78, 5) is 0. The van der Waals surface area contributed by atoms with E-state index in [1.807, 2.05) is 0 Å². The summed E-state index contributed by atoms with van der Waals surface area (Å²) in [7, 11) is -0.365. The minimum atomic E-state index is -0.369. The van der Waals surface area contributed by atoms with Crippen LogP contribution in [0.4, 0.5) is 0 Å². The molecule has 200 valence electrons. The average Bonchev–Trinajstić information content (AvgIpc) is 2.97. The van der Waals surface area contributed by atoms with Crippen LogP contribution in [0, 0.1) is 69.2 Å². The van der Waals surface area contributed by atoms with Crippen molar-refractivity contribution in [2.75, 3.05) is 0 Å². The molecule has 0 unspecified atom stereocenters. The van der Waals surface area contributed by atoms with Crippen LogP contribution in [0.3, 0.4) is 0 Å². The van der Waals surface area contributed by atoms with E-state index in [1.54, 1.807) is 0 Å². The van der Waals surface area contributed by atoms with Crippen LogP contribution < -0.4 is 21.9 Å². The van der Waals surface area contributed by atoms with Gasteiger partial charge < -0.3 is 9.31 Å². The second-order valence-electron chi connectivity index (χ2n) is 13.0. The van der Waals surface area contributed by atoms with Crippen LogP contribution in [-0.2, 0) is 9.31 Å². The Morgan fingerprint density at radius 1 is 0.500 bits per heavy atom. The zero-order valence-electron chi connectivity index (χ0n) is 26.3. The van der Waals surface area contributed by atoms with E-state index in [2.05, 4.69) is 121 Å². The van der Waals surface area contributed by atoms with E-state index in [4.69, 9.17) is 9.31 Å². The van der Waals surface area contributed by atoms with Gasteiger partial charge in [-0.05, 0) is 114 Å². The fourth-order valence-corrected chi connectivity index (χ4v) is 6.84. The van der Waals surface area contributed by atoms with Gasteiger partial charge in [0.1, 0.15) is 0 Å². The molecule has 1 aliphatic heterocycles. The van der Waals surface area contributed by atoms with Crippen molar-refractivity contribution in [1.82, 2.24) is 0 Å². The molecule has 0 atom stereocenters. The predicted octanol–water partition coefficient (Wildman–Crippen LogP) is 5.59. The Balaban J connectivity index is 2.06. The molecule has 3 aromatic rings. The highest BCUT2D eigenvalue weighted by Gasteiger charge is 2.52. The van der Waals surface area contributed by atoms with Crippen LogP contribution in [-0.4, -0.2) is 25.0 Å². The monoisotopic (exact) mass is 508 g/mol. The lowest BCUT2D eigenvalue weighted by Gasteiger charge is -2.32. The Hall–Kier alpha value is -2.29. The third-order valence-corrected chi connectivity index (χ3v) is 9.57. The highest BCUT2D eigenvalue weighted by molar-refractivity contribution is 6.97. The molecule has 0 aromatic heterocycles. The molecule has 0 spiro atoms. The molecule has 0 saturated carbocycles. The van der Waals surface area contributed by atoms with E-state index in [-0.39, 0.29) is 25.0 Å². The Kier molecular flexibility index (Phi) is 7.34. The van der Waals surface area contributed by atoms with E-state index in [1.165, 1.54) is 77.5 Å². The molecule has 0 aliphatic carbocycles. The Morgan fingerprint density at radius 3 is 1.13 bits per heavy atom. The Bertz CT molecular complexity index is 1280. The van der Waals surface area contributed by atoms with Gasteiger partial charge in [0, 0.05) is 0 Å². The molecule has 0 radical (unpaired) electrons. The first-order chi connectivity index (χ1) is 17.5. The first kappa shape index (κ1) is 28.7. The van der Waals surface area contributed by atoms with E-state index < -0.39 is 0 Å². The van der Waals surface area contributed by atoms with Crippen molar-refractivity contribution in [2.24, 2.45) is 0 Å². The number of hydrogen-bond acceptors (Lipinski definition) is 2. The summed E-state index contributed by atoms with van der Waals surface area (Å²) in [6.45, 7) is 31.3. The van der Waals surface area contributed by atoms with Crippen molar-refractivity contribution in [3.8, 4) is 0 Å². The highest BCUT2D eigenvalue weighted by atomic mass is 16.7. The quantitative estimate of drug-likeness (QED) is 0.428. The lowest BCUT2D eigenvalue weighted by atomic mass is 9.32. The predicted molar refractivity (Wildman–Crippen MR) is 167 cm³/mol. The summed E-state index contributed by atoms with van der Waals surface area (Å²) in [5.41, 5.74) is 18.0. The maximum Gasteiger partial charge on any atom is 0.495 e. The van der Waals surface area contributed by atoms with Gasteiger partial charge in [0.25, 0.3) is 0 Å². The van der Waals surface area contributed by atoms with Gasteiger partial charge in [0.05, 0.1) is 11.2 Å². The summed E-state index contributed by atoms with van der Waals surface area (Å²) in [6.07, 6.45) is 0. The molecule has 1 fully saturated rings. The molecule has 0 bridgehead atoms. The molecule has 0 amide bonds. The lowest BCUT2D eigenvalue weighted by molar-refractivity contribution is 0.00578. The first-order valence-electron chi connectivity index (χ1n) is 14.1. The molecule has 4 rings (SSSR count). The van der Waals surface area contributed by atoms with Gasteiger partial charge in [0.15, 0.2) is 0 Å². The maximum absolute atomic E-state index is 6.57. The Morgan fingerprint density at radius 2 is 0.816 bits per heavy atom. The van der Waals surface area contributed by atoms with Crippen LogP contribution in [0.5, 0.6) is 0 Å². The minimum Gasteiger partial charge on any atom is -0.399 e. The first-order valence-corrected chi connectivity index (χ1v) is 14.1. The van der Waals surface area contributed by atoms with Gasteiger partial charge in [-0.1, -0.05) is 85.2 Å². The minimum absolute atomic E-state index is 0.154. The molecule has 38 heavy (non-hydrogen) atoms. The van der Waals surface area contributed by atoms with Gasteiger partial charge in [-0.2, -0.15) is 0 Å². The van der Waals surface area contributed by atoms with E-state index in [0.29, 0.717) is 0 Å². The van der Waals surface area contributed by atoms with Crippen molar-refractivity contribution in [3.63, 3.8) is 0 Å². The third-order valence-electron chi connectivity index (χ3n) is 9.57. The van der Waals surface area contributed by atoms with Gasteiger partial charge >= 0.3 is 7.12 Å². The summed E-state index contributed by atoms with van der Waals surface area (Å²) in [5.74, 6) is 0. The van der Waals surface area contributed by atoms with Gasteiger partial charge in [0.2, 0.25) is 6.71 Å². The van der Waals surface area contributed by atoms with Crippen molar-refractivity contribution in [2.45, 2.75) is 108 Å². The van der Waals surface area contributed by atoms with Crippen molar-refractivity contribution in [3.05, 3.63) is 79.9 Å². The molecule has 1 heterocycles. The van der Waals surface area contributed by atoms with Crippen LogP contribution in [0.1, 0.15) is 83.3 Å². The number of benzene rings is 3. The number of aryl methyl sites for hydroxylation is 6. The molecule has 1 aliphatic rings. The number of hydrogen-bond donors (Lipinski definition) is 0. The number of rotatable bonds is 4. The zero-order chi connectivity index (χ0) is 28.5. The van der Waals surface area contributed by atoms with Crippen LogP contribution in [0.15, 0.2) is 24.3 Å². The standard InChI is InChI=1S/C34H46B2O2/c1-19-15-21(3)29(22(4)16-19)35(30-23(5)17-20(2)18-24(30)6)31-25(7)27(9)32(28(10)26(31)8)36-37-33(11,12)34(13,14)38-36/h15-18H,1-14H3. The second-order valence-corrected chi connectivity index (χ2v) is 13.0. The van der Waals surface area contributed by atoms with E-state index in [0.717, 1.165) is 0 Å². The molecule has 3 aromatic carbocycles.